The van der Waals surface area contributed by atoms with Gasteiger partial charge in [-0.05, 0) is 37.1 Å². The van der Waals surface area contributed by atoms with Crippen molar-refractivity contribution in [1.82, 2.24) is 5.32 Å². The minimum atomic E-state index is -0.261. The van der Waals surface area contributed by atoms with Gasteiger partial charge in [0.2, 0.25) is 0 Å². The van der Waals surface area contributed by atoms with Crippen molar-refractivity contribution in [2.75, 3.05) is 14.2 Å². The molecule has 2 aromatic rings. The number of ether oxygens (including phenoxy) is 1. The zero-order valence-electron chi connectivity index (χ0n) is 11.9. The molecule has 0 radical (unpaired) electrons. The van der Waals surface area contributed by atoms with Gasteiger partial charge in [0.05, 0.1) is 7.11 Å². The van der Waals surface area contributed by atoms with Crippen LogP contribution in [0.4, 0.5) is 4.39 Å². The Morgan fingerprint density at radius 3 is 2.45 bits per heavy atom. The van der Waals surface area contributed by atoms with Crippen LogP contribution in [-0.4, -0.2) is 20.2 Å². The van der Waals surface area contributed by atoms with Gasteiger partial charge in [-0.2, -0.15) is 0 Å². The molecule has 1 N–H and O–H groups in total. The number of benzene rings is 2. The van der Waals surface area contributed by atoms with E-state index in [0.717, 1.165) is 6.42 Å². The fourth-order valence-corrected chi connectivity index (χ4v) is 2.31. The van der Waals surface area contributed by atoms with E-state index in [1.807, 2.05) is 37.4 Å². The first-order valence-electron chi connectivity index (χ1n) is 6.77. The van der Waals surface area contributed by atoms with Crippen molar-refractivity contribution in [2.45, 2.75) is 18.9 Å². The molecule has 0 aromatic heterocycles. The van der Waals surface area contributed by atoms with Crippen molar-refractivity contribution in [1.29, 1.82) is 0 Å². The maximum absolute atomic E-state index is 14.2. The van der Waals surface area contributed by atoms with Crippen LogP contribution < -0.4 is 10.1 Å². The molecular weight excluding hydrogens is 253 g/mol. The number of halogens is 1. The summed E-state index contributed by atoms with van der Waals surface area (Å²) in [5.74, 6) is 0.0420. The highest BCUT2D eigenvalue weighted by atomic mass is 19.1. The summed E-state index contributed by atoms with van der Waals surface area (Å²) in [7, 11) is 3.40. The second-order valence-corrected chi connectivity index (χ2v) is 4.81. The standard InChI is InChI=1S/C17H20FNO/c1-19-15(11-13-7-4-3-5-8-13)12-14-9-6-10-16(20-2)17(14)18/h3-10,15,19H,11-12H2,1-2H3. The lowest BCUT2D eigenvalue weighted by molar-refractivity contribution is 0.382. The minimum absolute atomic E-state index is 0.194. The lowest BCUT2D eigenvalue weighted by Crippen LogP contribution is -2.30. The number of rotatable bonds is 6. The number of hydrogen-bond acceptors (Lipinski definition) is 2. The van der Waals surface area contributed by atoms with Crippen LogP contribution in [0.3, 0.4) is 0 Å². The second kappa shape index (κ2) is 7.06. The first-order valence-corrected chi connectivity index (χ1v) is 6.77. The van der Waals surface area contributed by atoms with Crippen LogP contribution in [0.25, 0.3) is 0 Å². The first-order chi connectivity index (χ1) is 9.74. The lowest BCUT2D eigenvalue weighted by atomic mass is 9.98. The van der Waals surface area contributed by atoms with Crippen LogP contribution in [-0.2, 0) is 12.8 Å². The normalized spacial score (nSPS) is 12.2. The molecule has 0 spiro atoms. The van der Waals surface area contributed by atoms with E-state index in [9.17, 15) is 4.39 Å². The van der Waals surface area contributed by atoms with Crippen molar-refractivity contribution in [2.24, 2.45) is 0 Å². The SMILES string of the molecule is CNC(Cc1ccccc1)Cc1cccc(OC)c1F. The van der Waals surface area contributed by atoms with E-state index >= 15 is 0 Å². The van der Waals surface area contributed by atoms with Crippen molar-refractivity contribution in [3.63, 3.8) is 0 Å². The number of methoxy groups -OCH3 is 1. The molecule has 0 heterocycles. The topological polar surface area (TPSA) is 21.3 Å². The quantitative estimate of drug-likeness (QED) is 0.872. The molecule has 3 heteroatoms. The Kier molecular flexibility index (Phi) is 5.13. The molecule has 0 bridgehead atoms. The molecule has 0 amide bonds. The molecule has 106 valence electrons. The summed E-state index contributed by atoms with van der Waals surface area (Å²) in [6.07, 6.45) is 1.50. The van der Waals surface area contributed by atoms with E-state index < -0.39 is 0 Å². The third kappa shape index (κ3) is 3.58. The zero-order chi connectivity index (χ0) is 14.4. The summed E-state index contributed by atoms with van der Waals surface area (Å²) < 4.78 is 19.2. The van der Waals surface area contributed by atoms with Gasteiger partial charge in [0.25, 0.3) is 0 Å². The van der Waals surface area contributed by atoms with Crippen LogP contribution >= 0.6 is 0 Å². The highest BCUT2D eigenvalue weighted by molar-refractivity contribution is 5.32. The highest BCUT2D eigenvalue weighted by Gasteiger charge is 2.14. The molecule has 20 heavy (non-hydrogen) atoms. The van der Waals surface area contributed by atoms with E-state index in [-0.39, 0.29) is 11.9 Å². The van der Waals surface area contributed by atoms with Crippen LogP contribution in [0.5, 0.6) is 5.75 Å². The van der Waals surface area contributed by atoms with Crippen molar-refractivity contribution in [3.05, 3.63) is 65.5 Å². The molecule has 2 rings (SSSR count). The molecule has 0 saturated heterocycles. The van der Waals surface area contributed by atoms with Gasteiger partial charge in [0.15, 0.2) is 11.6 Å². The second-order valence-electron chi connectivity index (χ2n) is 4.81. The van der Waals surface area contributed by atoms with Crippen molar-refractivity contribution in [3.8, 4) is 5.75 Å². The average molecular weight is 273 g/mol. The van der Waals surface area contributed by atoms with Gasteiger partial charge in [0.1, 0.15) is 0 Å². The van der Waals surface area contributed by atoms with E-state index in [0.29, 0.717) is 17.7 Å². The summed E-state index contributed by atoms with van der Waals surface area (Å²) in [6.45, 7) is 0. The molecule has 1 unspecified atom stereocenters. The van der Waals surface area contributed by atoms with Crippen LogP contribution in [0, 0.1) is 5.82 Å². The Hall–Kier alpha value is -1.87. The molecule has 2 aromatic carbocycles. The predicted octanol–water partition coefficient (Wildman–Crippen LogP) is 3.21. The molecule has 0 saturated carbocycles. The molecule has 0 aliphatic carbocycles. The van der Waals surface area contributed by atoms with Gasteiger partial charge >= 0.3 is 0 Å². The predicted molar refractivity (Wildman–Crippen MR) is 79.6 cm³/mol. The maximum Gasteiger partial charge on any atom is 0.168 e. The molecule has 2 nitrogen and oxygen atoms in total. The first kappa shape index (κ1) is 14.5. The van der Waals surface area contributed by atoms with Crippen molar-refractivity contribution >= 4 is 0 Å². The summed E-state index contributed by atoms with van der Waals surface area (Å²) in [6, 6.07) is 15.7. The Bertz CT molecular complexity index is 542. The molecule has 0 aliphatic heterocycles. The number of likely N-dealkylation sites (N-methyl/N-ethyl adjacent to an activating group) is 1. The third-order valence-electron chi connectivity index (χ3n) is 3.46. The Balaban J connectivity index is 2.10. The smallest absolute Gasteiger partial charge is 0.168 e. The van der Waals surface area contributed by atoms with E-state index in [1.165, 1.54) is 12.7 Å². The van der Waals surface area contributed by atoms with Gasteiger partial charge in [-0.1, -0.05) is 42.5 Å². The van der Waals surface area contributed by atoms with Crippen LogP contribution in [0.15, 0.2) is 48.5 Å². The highest BCUT2D eigenvalue weighted by Crippen LogP contribution is 2.21. The van der Waals surface area contributed by atoms with Gasteiger partial charge in [-0.15, -0.1) is 0 Å². The lowest BCUT2D eigenvalue weighted by Gasteiger charge is -2.17. The monoisotopic (exact) mass is 273 g/mol. The van der Waals surface area contributed by atoms with Gasteiger partial charge < -0.3 is 10.1 Å². The maximum atomic E-state index is 14.2. The third-order valence-corrected chi connectivity index (χ3v) is 3.46. The Morgan fingerprint density at radius 1 is 1.05 bits per heavy atom. The van der Waals surface area contributed by atoms with Gasteiger partial charge in [0, 0.05) is 6.04 Å². The molecular formula is C17H20FNO. The van der Waals surface area contributed by atoms with Crippen LogP contribution in [0.2, 0.25) is 0 Å². The Morgan fingerprint density at radius 2 is 1.80 bits per heavy atom. The number of nitrogens with one attached hydrogen (secondary N) is 1. The average Bonchev–Trinajstić information content (AvgIpc) is 2.49. The molecule has 0 fully saturated rings. The number of hydrogen-bond donors (Lipinski definition) is 1. The fourth-order valence-electron chi connectivity index (χ4n) is 2.31. The summed E-state index contributed by atoms with van der Waals surface area (Å²) >= 11 is 0. The van der Waals surface area contributed by atoms with E-state index in [4.69, 9.17) is 4.74 Å². The largest absolute Gasteiger partial charge is 0.494 e. The molecule has 1 atom stereocenters. The zero-order valence-corrected chi connectivity index (χ0v) is 11.9. The van der Waals surface area contributed by atoms with E-state index in [2.05, 4.69) is 17.4 Å². The minimum Gasteiger partial charge on any atom is -0.494 e. The van der Waals surface area contributed by atoms with E-state index in [1.54, 1.807) is 6.07 Å². The summed E-state index contributed by atoms with van der Waals surface area (Å²) in [5.41, 5.74) is 1.93. The van der Waals surface area contributed by atoms with Crippen molar-refractivity contribution < 1.29 is 9.13 Å². The van der Waals surface area contributed by atoms with Gasteiger partial charge in [-0.3, -0.25) is 0 Å². The Labute approximate surface area is 119 Å². The van der Waals surface area contributed by atoms with Crippen LogP contribution in [0.1, 0.15) is 11.1 Å². The van der Waals surface area contributed by atoms with Gasteiger partial charge in [-0.25, -0.2) is 4.39 Å². The molecule has 0 aliphatic rings. The summed E-state index contributed by atoms with van der Waals surface area (Å²) in [5, 5.41) is 3.26. The fraction of sp³-hybridized carbons (Fsp3) is 0.294. The summed E-state index contributed by atoms with van der Waals surface area (Å²) in [4.78, 5) is 0.